The van der Waals surface area contributed by atoms with Crippen molar-refractivity contribution in [2.75, 3.05) is 49.2 Å². The molecule has 1 fully saturated rings. The molecular formula is C27H30N8O2S. The Hall–Kier alpha value is -3.96. The van der Waals surface area contributed by atoms with Crippen molar-refractivity contribution >= 4 is 43.7 Å². The highest BCUT2D eigenvalue weighted by Crippen LogP contribution is 2.29. The Kier molecular flexibility index (Phi) is 6.24. The van der Waals surface area contributed by atoms with Crippen molar-refractivity contribution in [1.29, 1.82) is 0 Å². The number of hydrogen-bond acceptors (Lipinski definition) is 8. The lowest BCUT2D eigenvalue weighted by Crippen LogP contribution is -2.46. The Morgan fingerprint density at radius 3 is 2.66 bits per heavy atom. The number of sulfone groups is 1. The van der Waals surface area contributed by atoms with E-state index in [9.17, 15) is 8.42 Å². The van der Waals surface area contributed by atoms with E-state index in [2.05, 4.69) is 43.3 Å². The molecule has 1 saturated heterocycles. The normalized spacial score (nSPS) is 14.9. The molecule has 2 N–H and O–H groups in total. The zero-order chi connectivity index (χ0) is 26.3. The summed E-state index contributed by atoms with van der Waals surface area (Å²) in [7, 11) is -3.41. The third kappa shape index (κ3) is 4.82. The van der Waals surface area contributed by atoms with Crippen LogP contribution in [0.2, 0.25) is 0 Å². The van der Waals surface area contributed by atoms with Gasteiger partial charge in [0, 0.05) is 54.8 Å². The molecule has 38 heavy (non-hydrogen) atoms. The van der Waals surface area contributed by atoms with Crippen LogP contribution in [-0.4, -0.2) is 77.1 Å². The molecule has 0 unspecified atom stereocenters. The molecule has 0 saturated carbocycles. The van der Waals surface area contributed by atoms with Crippen LogP contribution in [0.3, 0.4) is 0 Å². The number of piperazine rings is 1. The minimum absolute atomic E-state index is 0.270. The lowest BCUT2D eigenvalue weighted by Gasteiger charge is -2.36. The van der Waals surface area contributed by atoms with Gasteiger partial charge in [0.25, 0.3) is 0 Å². The number of anilines is 3. The summed E-state index contributed by atoms with van der Waals surface area (Å²) in [6.07, 6.45) is 4.16. The number of nitrogens with one attached hydrogen (secondary N) is 2. The molecule has 3 aromatic heterocycles. The fraction of sp³-hybridized carbons (Fsp3) is 0.296. The first-order valence-corrected chi connectivity index (χ1v) is 14.7. The fourth-order valence-electron chi connectivity index (χ4n) is 5.01. The minimum atomic E-state index is -3.41. The van der Waals surface area contributed by atoms with E-state index in [0.717, 1.165) is 67.0 Å². The summed E-state index contributed by atoms with van der Waals surface area (Å²) in [5.41, 5.74) is 5.05. The first kappa shape index (κ1) is 24.4. The van der Waals surface area contributed by atoms with E-state index in [1.807, 2.05) is 36.4 Å². The van der Waals surface area contributed by atoms with Crippen molar-refractivity contribution in [2.24, 2.45) is 0 Å². The molecular weight excluding hydrogens is 500 g/mol. The van der Waals surface area contributed by atoms with Crippen molar-refractivity contribution < 1.29 is 8.42 Å². The molecule has 0 radical (unpaired) electrons. The Bertz CT molecular complexity index is 1720. The van der Waals surface area contributed by atoms with Gasteiger partial charge >= 0.3 is 0 Å². The molecule has 1 aliphatic rings. The summed E-state index contributed by atoms with van der Waals surface area (Å²) in [6, 6.07) is 17.3. The second kappa shape index (κ2) is 9.73. The summed E-state index contributed by atoms with van der Waals surface area (Å²) >= 11 is 0. The van der Waals surface area contributed by atoms with E-state index in [0.29, 0.717) is 17.3 Å². The number of pyridine rings is 1. The Balaban J connectivity index is 1.33. The van der Waals surface area contributed by atoms with Gasteiger partial charge in [-0.2, -0.15) is 10.1 Å². The van der Waals surface area contributed by atoms with Crippen LogP contribution in [0, 0.1) is 0 Å². The number of rotatable bonds is 7. The topological polar surface area (TPSA) is 112 Å². The highest BCUT2D eigenvalue weighted by atomic mass is 32.2. The molecule has 0 amide bonds. The van der Waals surface area contributed by atoms with E-state index in [-0.39, 0.29) is 4.90 Å². The smallest absolute Gasteiger partial charge is 0.247 e. The number of aromatic nitrogens is 5. The zero-order valence-corrected chi connectivity index (χ0v) is 22.2. The summed E-state index contributed by atoms with van der Waals surface area (Å²) in [4.78, 5) is 9.62. The molecule has 10 nitrogen and oxygen atoms in total. The van der Waals surface area contributed by atoms with Gasteiger partial charge in [0.2, 0.25) is 5.95 Å². The molecule has 11 heteroatoms. The standard InChI is InChI=1S/C27H30N8O2S/c1-3-9-33-10-12-34(13-11-33)22-15-21(16-23(17-22)38(2,36)37)29-27-30-26-6-4-5-25(35(26)32-27)19-7-8-24-20(14-19)18-28-31-24/h4-8,14-18H,3,9-13H2,1-2H3,(H,28,31)(H,29,32). The quantitative estimate of drug-likeness (QED) is 0.325. The van der Waals surface area contributed by atoms with E-state index in [1.165, 1.54) is 6.26 Å². The minimum Gasteiger partial charge on any atom is -0.369 e. The van der Waals surface area contributed by atoms with Crippen LogP contribution in [0.5, 0.6) is 0 Å². The SMILES string of the molecule is CCCN1CCN(c2cc(Nc3nc4cccc(-c5ccc6[nH]ncc6c5)n4n3)cc(S(C)(=O)=O)c2)CC1. The first-order valence-electron chi connectivity index (χ1n) is 12.8. The molecule has 4 heterocycles. The monoisotopic (exact) mass is 530 g/mol. The van der Waals surface area contributed by atoms with Crippen molar-refractivity contribution in [3.63, 3.8) is 0 Å². The second-order valence-corrected chi connectivity index (χ2v) is 11.7. The maximum Gasteiger partial charge on any atom is 0.247 e. The summed E-state index contributed by atoms with van der Waals surface area (Å²) in [5, 5.41) is 16.1. The van der Waals surface area contributed by atoms with Gasteiger partial charge in [0.05, 0.1) is 22.3 Å². The average Bonchev–Trinajstić information content (AvgIpc) is 3.54. The average molecular weight is 531 g/mol. The lowest BCUT2D eigenvalue weighted by molar-refractivity contribution is 0.258. The van der Waals surface area contributed by atoms with Crippen molar-refractivity contribution in [3.05, 3.63) is 60.8 Å². The van der Waals surface area contributed by atoms with Gasteiger partial charge in [0.15, 0.2) is 15.5 Å². The van der Waals surface area contributed by atoms with Crippen LogP contribution in [0.15, 0.2) is 65.7 Å². The number of benzene rings is 2. The zero-order valence-electron chi connectivity index (χ0n) is 21.4. The van der Waals surface area contributed by atoms with Gasteiger partial charge in [-0.3, -0.25) is 10.00 Å². The maximum atomic E-state index is 12.5. The predicted molar refractivity (Wildman–Crippen MR) is 150 cm³/mol. The molecule has 2 aromatic carbocycles. The third-order valence-electron chi connectivity index (χ3n) is 6.95. The molecule has 5 aromatic rings. The van der Waals surface area contributed by atoms with E-state index >= 15 is 0 Å². The van der Waals surface area contributed by atoms with Gasteiger partial charge in [0.1, 0.15) is 0 Å². The van der Waals surface area contributed by atoms with E-state index in [4.69, 9.17) is 5.10 Å². The van der Waals surface area contributed by atoms with Crippen LogP contribution in [0.1, 0.15) is 13.3 Å². The van der Waals surface area contributed by atoms with Gasteiger partial charge in [-0.1, -0.05) is 19.1 Å². The van der Waals surface area contributed by atoms with Gasteiger partial charge in [-0.25, -0.2) is 12.9 Å². The number of hydrogen-bond donors (Lipinski definition) is 2. The molecule has 0 atom stereocenters. The highest BCUT2D eigenvalue weighted by molar-refractivity contribution is 7.90. The summed E-state index contributed by atoms with van der Waals surface area (Å²) in [6.45, 7) is 6.89. The van der Waals surface area contributed by atoms with Crippen LogP contribution in [0.25, 0.3) is 27.8 Å². The molecule has 0 bridgehead atoms. The maximum absolute atomic E-state index is 12.5. The predicted octanol–water partition coefficient (Wildman–Crippen LogP) is 3.95. The first-order chi connectivity index (χ1) is 18.4. The van der Waals surface area contributed by atoms with Crippen LogP contribution < -0.4 is 10.2 Å². The molecule has 196 valence electrons. The van der Waals surface area contributed by atoms with Gasteiger partial charge < -0.3 is 10.2 Å². The van der Waals surface area contributed by atoms with Crippen LogP contribution in [-0.2, 0) is 9.84 Å². The van der Waals surface area contributed by atoms with E-state index in [1.54, 1.807) is 22.8 Å². The molecule has 1 aliphatic heterocycles. The van der Waals surface area contributed by atoms with Crippen molar-refractivity contribution in [3.8, 4) is 11.3 Å². The molecule has 0 aliphatic carbocycles. The van der Waals surface area contributed by atoms with Gasteiger partial charge in [-0.05, 0) is 55.4 Å². The number of H-pyrrole nitrogens is 1. The lowest BCUT2D eigenvalue weighted by atomic mass is 10.1. The third-order valence-corrected chi connectivity index (χ3v) is 8.04. The van der Waals surface area contributed by atoms with Gasteiger partial charge in [-0.15, -0.1) is 5.10 Å². The summed E-state index contributed by atoms with van der Waals surface area (Å²) in [5.74, 6) is 0.395. The van der Waals surface area contributed by atoms with E-state index < -0.39 is 9.84 Å². The largest absolute Gasteiger partial charge is 0.369 e. The highest BCUT2D eigenvalue weighted by Gasteiger charge is 2.20. The Morgan fingerprint density at radius 2 is 1.87 bits per heavy atom. The van der Waals surface area contributed by atoms with Crippen LogP contribution >= 0.6 is 0 Å². The fourth-order valence-corrected chi connectivity index (χ4v) is 5.68. The molecule has 0 spiro atoms. The van der Waals surface area contributed by atoms with Crippen LogP contribution in [0.4, 0.5) is 17.3 Å². The number of fused-ring (bicyclic) bond motifs is 2. The Morgan fingerprint density at radius 1 is 1.03 bits per heavy atom. The number of aromatic amines is 1. The molecule has 6 rings (SSSR count). The number of nitrogens with zero attached hydrogens (tertiary/aromatic N) is 6. The van der Waals surface area contributed by atoms with Crippen molar-refractivity contribution in [2.45, 2.75) is 18.2 Å². The Labute approximate surface area is 221 Å². The van der Waals surface area contributed by atoms with Crippen molar-refractivity contribution in [1.82, 2.24) is 29.7 Å². The summed E-state index contributed by atoms with van der Waals surface area (Å²) < 4.78 is 26.8. The second-order valence-electron chi connectivity index (χ2n) is 9.73.